The van der Waals surface area contributed by atoms with Crippen molar-refractivity contribution in [2.45, 2.75) is 63.5 Å². The van der Waals surface area contributed by atoms with Gasteiger partial charge in [0.1, 0.15) is 17.3 Å². The topological polar surface area (TPSA) is 67.9 Å². The summed E-state index contributed by atoms with van der Waals surface area (Å²) in [6.45, 7) is 4.37. The molecular weight excluding hydrogens is 458 g/mol. The van der Waals surface area contributed by atoms with Crippen LogP contribution in [-0.2, 0) is 15.7 Å². The molecule has 0 radical (unpaired) electrons. The number of likely N-dealkylation sites (tertiary alicyclic amines) is 1. The van der Waals surface area contributed by atoms with Crippen LogP contribution in [0.4, 0.5) is 36.8 Å². The molecule has 1 aliphatic heterocycles. The highest BCUT2D eigenvalue weighted by molar-refractivity contribution is 5.90. The standard InChI is InChI=1S/C21H26F6N2O4/c1-19(2,3)33-18(31)29-9-7-20(24,8-10-29)15(16(22)23)28-14-11-12(17(30)32-4)5-6-13(14)21(25,26)27/h5-6,11,15-16,28H,7-10H2,1-4H3/t15-/m0/s1. The van der Waals surface area contributed by atoms with Gasteiger partial charge in [0, 0.05) is 31.6 Å². The Morgan fingerprint density at radius 3 is 2.15 bits per heavy atom. The maximum absolute atomic E-state index is 15.6. The summed E-state index contributed by atoms with van der Waals surface area (Å²) in [5.41, 5.74) is -5.98. The first-order valence-electron chi connectivity index (χ1n) is 10.1. The van der Waals surface area contributed by atoms with E-state index in [0.29, 0.717) is 12.1 Å². The Balaban J connectivity index is 2.29. The summed E-state index contributed by atoms with van der Waals surface area (Å²) in [6.07, 6.45) is -10.2. The van der Waals surface area contributed by atoms with E-state index in [4.69, 9.17) is 4.74 Å². The molecule has 12 heteroatoms. The molecule has 1 saturated heterocycles. The zero-order chi connectivity index (χ0) is 25.2. The average Bonchev–Trinajstić information content (AvgIpc) is 2.69. The van der Waals surface area contributed by atoms with Gasteiger partial charge in [-0.3, -0.25) is 0 Å². The van der Waals surface area contributed by atoms with Crippen molar-refractivity contribution < 1.29 is 45.4 Å². The van der Waals surface area contributed by atoms with Crippen LogP contribution in [0.1, 0.15) is 49.5 Å². The SMILES string of the molecule is COC(=O)c1ccc(C(F)(F)F)c(N[C@@H](C(F)F)C2(F)CCN(C(=O)OC(C)(C)C)CC2)c1. The molecule has 1 aromatic carbocycles. The van der Waals surface area contributed by atoms with Crippen molar-refractivity contribution in [2.24, 2.45) is 0 Å². The van der Waals surface area contributed by atoms with Crippen LogP contribution in [0.25, 0.3) is 0 Å². The van der Waals surface area contributed by atoms with Gasteiger partial charge in [-0.15, -0.1) is 0 Å². The van der Waals surface area contributed by atoms with Crippen LogP contribution < -0.4 is 5.32 Å². The average molecular weight is 484 g/mol. The zero-order valence-corrected chi connectivity index (χ0v) is 18.6. The number of esters is 1. The van der Waals surface area contributed by atoms with Crippen molar-refractivity contribution in [3.63, 3.8) is 0 Å². The molecule has 0 saturated carbocycles. The van der Waals surface area contributed by atoms with Gasteiger partial charge < -0.3 is 19.7 Å². The third-order valence-corrected chi connectivity index (χ3v) is 5.11. The van der Waals surface area contributed by atoms with E-state index in [9.17, 15) is 31.5 Å². The molecule has 0 spiro atoms. The van der Waals surface area contributed by atoms with Gasteiger partial charge in [-0.25, -0.2) is 22.8 Å². The molecule has 1 fully saturated rings. The predicted molar refractivity (Wildman–Crippen MR) is 107 cm³/mol. The Labute approximate surface area is 187 Å². The number of halogens is 6. The van der Waals surface area contributed by atoms with Crippen LogP contribution in [0.2, 0.25) is 0 Å². The van der Waals surface area contributed by atoms with Gasteiger partial charge in [0.15, 0.2) is 0 Å². The highest BCUT2D eigenvalue weighted by Crippen LogP contribution is 2.40. The van der Waals surface area contributed by atoms with Gasteiger partial charge >= 0.3 is 18.2 Å². The first-order chi connectivity index (χ1) is 15.1. The molecule has 1 amide bonds. The Morgan fingerprint density at radius 2 is 1.70 bits per heavy atom. The summed E-state index contributed by atoms with van der Waals surface area (Å²) < 4.78 is 93.3. The number of ether oxygens (including phenoxy) is 2. The first-order valence-corrected chi connectivity index (χ1v) is 10.1. The molecule has 1 N–H and O–H groups in total. The van der Waals surface area contributed by atoms with Crippen molar-refractivity contribution in [3.8, 4) is 0 Å². The second-order valence-electron chi connectivity index (χ2n) is 8.71. The molecule has 6 nitrogen and oxygen atoms in total. The number of anilines is 1. The van der Waals surface area contributed by atoms with E-state index in [1.807, 2.05) is 5.32 Å². The van der Waals surface area contributed by atoms with Crippen molar-refractivity contribution in [1.82, 2.24) is 4.90 Å². The van der Waals surface area contributed by atoms with Gasteiger partial charge in [0.25, 0.3) is 6.43 Å². The number of carbonyl (C=O) groups is 2. The molecule has 186 valence electrons. The lowest BCUT2D eigenvalue weighted by molar-refractivity contribution is -0.137. The third kappa shape index (κ3) is 6.67. The summed E-state index contributed by atoms with van der Waals surface area (Å²) >= 11 is 0. The van der Waals surface area contributed by atoms with Gasteiger partial charge in [-0.05, 0) is 39.0 Å². The van der Waals surface area contributed by atoms with Crippen molar-refractivity contribution in [1.29, 1.82) is 0 Å². The van der Waals surface area contributed by atoms with Gasteiger partial charge in [0.2, 0.25) is 0 Å². The van der Waals surface area contributed by atoms with E-state index in [2.05, 4.69) is 4.74 Å². The predicted octanol–water partition coefficient (Wildman–Crippen LogP) is 5.28. The number of amides is 1. The Morgan fingerprint density at radius 1 is 1.12 bits per heavy atom. The lowest BCUT2D eigenvalue weighted by atomic mass is 9.85. The van der Waals surface area contributed by atoms with Crippen LogP contribution >= 0.6 is 0 Å². The minimum absolute atomic E-state index is 0.259. The summed E-state index contributed by atoms with van der Waals surface area (Å²) in [6, 6.07) is -0.259. The number of alkyl halides is 6. The number of piperidine rings is 1. The van der Waals surface area contributed by atoms with Crippen LogP contribution in [0, 0.1) is 0 Å². The molecule has 1 heterocycles. The second kappa shape index (κ2) is 9.68. The fourth-order valence-electron chi connectivity index (χ4n) is 3.44. The highest BCUT2D eigenvalue weighted by atomic mass is 19.4. The van der Waals surface area contributed by atoms with E-state index in [-0.39, 0.29) is 18.7 Å². The number of nitrogens with zero attached hydrogens (tertiary/aromatic N) is 1. The number of methoxy groups -OCH3 is 1. The Bertz CT molecular complexity index is 861. The van der Waals surface area contributed by atoms with E-state index in [1.165, 1.54) is 0 Å². The number of rotatable bonds is 5. The third-order valence-electron chi connectivity index (χ3n) is 5.11. The van der Waals surface area contributed by atoms with E-state index in [1.54, 1.807) is 20.8 Å². The number of carbonyl (C=O) groups excluding carboxylic acids is 2. The number of hydrogen-bond donors (Lipinski definition) is 1. The van der Waals surface area contributed by atoms with Crippen molar-refractivity contribution >= 4 is 17.7 Å². The zero-order valence-electron chi connectivity index (χ0n) is 18.6. The normalized spacial score (nSPS) is 17.5. The van der Waals surface area contributed by atoms with Gasteiger partial charge in [-0.1, -0.05) is 0 Å². The highest BCUT2D eigenvalue weighted by Gasteiger charge is 2.48. The molecule has 2 rings (SSSR count). The Hall–Kier alpha value is -2.66. The second-order valence-corrected chi connectivity index (χ2v) is 8.71. The molecule has 0 aromatic heterocycles. The molecular formula is C21H26F6N2O4. The number of nitrogens with one attached hydrogen (secondary N) is 1. The molecule has 1 atom stereocenters. The molecule has 1 aliphatic rings. The monoisotopic (exact) mass is 484 g/mol. The fourth-order valence-corrected chi connectivity index (χ4v) is 3.44. The minimum Gasteiger partial charge on any atom is -0.465 e. The Kier molecular flexibility index (Phi) is 7.80. The molecule has 0 aliphatic carbocycles. The lowest BCUT2D eigenvalue weighted by Crippen LogP contribution is -2.55. The maximum Gasteiger partial charge on any atom is 0.418 e. The largest absolute Gasteiger partial charge is 0.465 e. The summed E-state index contributed by atoms with van der Waals surface area (Å²) in [4.78, 5) is 25.0. The maximum atomic E-state index is 15.6. The summed E-state index contributed by atoms with van der Waals surface area (Å²) in [5, 5.41) is 1.98. The van der Waals surface area contributed by atoms with Crippen LogP contribution in [0.3, 0.4) is 0 Å². The fraction of sp³-hybridized carbons (Fsp3) is 0.619. The molecule has 1 aromatic rings. The van der Waals surface area contributed by atoms with Crippen LogP contribution in [-0.4, -0.2) is 60.9 Å². The van der Waals surface area contributed by atoms with Crippen molar-refractivity contribution in [2.75, 3.05) is 25.5 Å². The van der Waals surface area contributed by atoms with E-state index in [0.717, 1.165) is 18.1 Å². The quantitative estimate of drug-likeness (QED) is 0.455. The van der Waals surface area contributed by atoms with Crippen LogP contribution in [0.5, 0.6) is 0 Å². The molecule has 0 bridgehead atoms. The number of hydrogen-bond acceptors (Lipinski definition) is 5. The molecule has 0 unspecified atom stereocenters. The van der Waals surface area contributed by atoms with Gasteiger partial charge in [0.05, 0.1) is 18.2 Å². The van der Waals surface area contributed by atoms with Crippen molar-refractivity contribution in [3.05, 3.63) is 29.3 Å². The first kappa shape index (κ1) is 26.6. The summed E-state index contributed by atoms with van der Waals surface area (Å²) in [5.74, 6) is -0.985. The van der Waals surface area contributed by atoms with Gasteiger partial charge in [-0.2, -0.15) is 13.2 Å². The van der Waals surface area contributed by atoms with E-state index < -0.39 is 66.1 Å². The minimum atomic E-state index is -4.95. The van der Waals surface area contributed by atoms with Crippen LogP contribution in [0.15, 0.2) is 18.2 Å². The smallest absolute Gasteiger partial charge is 0.418 e. The number of benzene rings is 1. The van der Waals surface area contributed by atoms with E-state index >= 15 is 4.39 Å². The molecule has 33 heavy (non-hydrogen) atoms. The lowest BCUT2D eigenvalue weighted by Gasteiger charge is -2.41. The summed E-state index contributed by atoms with van der Waals surface area (Å²) in [7, 11) is 1.00.